The number of aryl methyl sites for hydroxylation is 1. The molecule has 1 unspecified atom stereocenters. The maximum Gasteiger partial charge on any atom is 0.471 e. The van der Waals surface area contributed by atoms with Gasteiger partial charge in [0.05, 0.1) is 5.92 Å². The van der Waals surface area contributed by atoms with Gasteiger partial charge in [-0.25, -0.2) is 4.39 Å². The summed E-state index contributed by atoms with van der Waals surface area (Å²) in [5, 5.41) is 3.30. The molecule has 0 saturated heterocycles. The second-order valence-corrected chi connectivity index (χ2v) is 5.98. The molecule has 0 aliphatic rings. The highest BCUT2D eigenvalue weighted by Crippen LogP contribution is 2.27. The van der Waals surface area contributed by atoms with E-state index in [-0.39, 0.29) is 12.2 Å². The number of nitrogens with zero attached hydrogens (tertiary/aromatic N) is 2. The number of alkyl halides is 3. The number of benzene rings is 1. The second kappa shape index (κ2) is 8.77. The summed E-state index contributed by atoms with van der Waals surface area (Å²) in [5.74, 6) is -2.81. The van der Waals surface area contributed by atoms with E-state index in [1.165, 1.54) is 18.2 Å². The molecular formula is C17H19F4N3O2. The van der Waals surface area contributed by atoms with Crippen molar-refractivity contribution in [3.63, 3.8) is 0 Å². The Kier molecular flexibility index (Phi) is 6.70. The van der Waals surface area contributed by atoms with Crippen molar-refractivity contribution < 1.29 is 26.9 Å². The Hall–Kier alpha value is -2.45. The highest BCUT2D eigenvalue weighted by atomic mass is 19.4. The van der Waals surface area contributed by atoms with Crippen LogP contribution in [0.1, 0.15) is 55.3 Å². The summed E-state index contributed by atoms with van der Waals surface area (Å²) < 4.78 is 54.4. The number of aromatic nitrogens is 2. The first-order valence-electron chi connectivity index (χ1n) is 8.22. The molecule has 0 bridgehead atoms. The summed E-state index contributed by atoms with van der Waals surface area (Å²) in [4.78, 5) is 14.9. The van der Waals surface area contributed by atoms with Crippen LogP contribution in [0.2, 0.25) is 0 Å². The molecule has 1 atom stereocenters. The maximum atomic E-state index is 13.3. The average molecular weight is 373 g/mol. The molecule has 1 amide bonds. The van der Waals surface area contributed by atoms with Gasteiger partial charge < -0.3 is 10.3 Å². The van der Waals surface area contributed by atoms with Crippen molar-refractivity contribution in [1.29, 1.82) is 0 Å². The van der Waals surface area contributed by atoms with E-state index in [0.29, 0.717) is 24.8 Å². The van der Waals surface area contributed by atoms with E-state index in [0.717, 1.165) is 12.8 Å². The van der Waals surface area contributed by atoms with E-state index in [1.807, 2.05) is 0 Å². The van der Waals surface area contributed by atoms with E-state index < -0.39 is 29.7 Å². The van der Waals surface area contributed by atoms with Gasteiger partial charge >= 0.3 is 12.1 Å². The number of unbranched alkanes of at least 4 members (excludes halogenated alkanes) is 3. The number of rotatable bonds is 9. The van der Waals surface area contributed by atoms with Crippen LogP contribution < -0.4 is 5.73 Å². The number of carbonyl (C=O) groups is 1. The lowest BCUT2D eigenvalue weighted by atomic mass is 9.92. The van der Waals surface area contributed by atoms with Crippen molar-refractivity contribution in [2.24, 2.45) is 5.73 Å². The van der Waals surface area contributed by atoms with Crippen molar-refractivity contribution in [3.8, 4) is 0 Å². The lowest BCUT2D eigenvalue weighted by molar-refractivity contribution is -0.159. The van der Waals surface area contributed by atoms with Gasteiger partial charge in [-0.2, -0.15) is 18.2 Å². The fraction of sp³-hybridized carbons (Fsp3) is 0.471. The van der Waals surface area contributed by atoms with Crippen LogP contribution in [0.25, 0.3) is 0 Å². The van der Waals surface area contributed by atoms with E-state index in [4.69, 9.17) is 5.73 Å². The molecule has 26 heavy (non-hydrogen) atoms. The lowest BCUT2D eigenvalue weighted by Gasteiger charge is -2.13. The summed E-state index contributed by atoms with van der Waals surface area (Å²) in [6.07, 6.45) is -1.11. The van der Waals surface area contributed by atoms with Gasteiger partial charge in [0.15, 0.2) is 5.82 Å². The van der Waals surface area contributed by atoms with Gasteiger partial charge in [-0.3, -0.25) is 4.79 Å². The van der Waals surface area contributed by atoms with Crippen molar-refractivity contribution in [2.75, 3.05) is 0 Å². The molecule has 1 heterocycles. The van der Waals surface area contributed by atoms with Crippen LogP contribution in [0.15, 0.2) is 28.8 Å². The molecule has 5 nitrogen and oxygen atoms in total. The highest BCUT2D eigenvalue weighted by Gasteiger charge is 2.38. The summed E-state index contributed by atoms with van der Waals surface area (Å²) in [6, 6.07) is 5.78. The number of carbonyl (C=O) groups excluding carboxylic acids is 1. The van der Waals surface area contributed by atoms with Crippen molar-refractivity contribution >= 4 is 5.91 Å². The number of halogens is 4. The van der Waals surface area contributed by atoms with Crippen LogP contribution in [-0.2, 0) is 17.4 Å². The summed E-state index contributed by atoms with van der Waals surface area (Å²) >= 11 is 0. The number of hydrogen-bond donors (Lipinski definition) is 1. The Morgan fingerprint density at radius 3 is 2.54 bits per heavy atom. The van der Waals surface area contributed by atoms with Crippen LogP contribution in [0, 0.1) is 5.82 Å². The average Bonchev–Trinajstić information content (AvgIpc) is 3.03. The highest BCUT2D eigenvalue weighted by molar-refractivity contribution is 5.81. The Balaban J connectivity index is 1.72. The predicted octanol–water partition coefficient (Wildman–Crippen LogP) is 3.99. The van der Waals surface area contributed by atoms with Crippen LogP contribution in [0.4, 0.5) is 17.6 Å². The third-order valence-electron chi connectivity index (χ3n) is 3.95. The van der Waals surface area contributed by atoms with Gasteiger partial charge in [-0.05, 0) is 30.5 Å². The fourth-order valence-corrected chi connectivity index (χ4v) is 2.65. The first-order valence-corrected chi connectivity index (χ1v) is 8.22. The molecule has 0 fully saturated rings. The van der Waals surface area contributed by atoms with Gasteiger partial charge in [-0.15, -0.1) is 0 Å². The molecule has 9 heteroatoms. The van der Waals surface area contributed by atoms with Crippen LogP contribution >= 0.6 is 0 Å². The largest absolute Gasteiger partial charge is 0.471 e. The minimum absolute atomic E-state index is 0.0205. The second-order valence-electron chi connectivity index (χ2n) is 5.98. The predicted molar refractivity (Wildman–Crippen MR) is 84.4 cm³/mol. The van der Waals surface area contributed by atoms with Crippen molar-refractivity contribution in [2.45, 2.75) is 50.6 Å². The molecular weight excluding hydrogens is 354 g/mol. The summed E-state index contributed by atoms with van der Waals surface area (Å²) in [5.41, 5.74) is 5.94. The lowest BCUT2D eigenvalue weighted by Crippen LogP contribution is -2.21. The Labute approximate surface area is 147 Å². The van der Waals surface area contributed by atoms with Crippen LogP contribution in [-0.4, -0.2) is 16.0 Å². The monoisotopic (exact) mass is 373 g/mol. The van der Waals surface area contributed by atoms with E-state index in [9.17, 15) is 22.4 Å². The molecule has 142 valence electrons. The zero-order chi connectivity index (χ0) is 19.2. The standard InChI is InChI=1S/C17H19F4N3O2/c18-12-7-5-6-11(10-12)13(15(22)25)8-3-1-2-4-9-14-23-16(26-24-14)17(19,20)21/h5-7,10,13H,1-4,8-9H2,(H2,22,25). The topological polar surface area (TPSA) is 82.0 Å². The van der Waals surface area contributed by atoms with Crippen LogP contribution in [0.5, 0.6) is 0 Å². The number of primary amides is 1. The summed E-state index contributed by atoms with van der Waals surface area (Å²) in [7, 11) is 0. The minimum atomic E-state index is -4.63. The minimum Gasteiger partial charge on any atom is -0.369 e. The molecule has 2 N–H and O–H groups in total. The third kappa shape index (κ3) is 5.82. The van der Waals surface area contributed by atoms with E-state index in [2.05, 4.69) is 14.7 Å². The van der Waals surface area contributed by atoms with Gasteiger partial charge in [0, 0.05) is 6.42 Å². The van der Waals surface area contributed by atoms with Gasteiger partial charge in [0.25, 0.3) is 0 Å². The molecule has 1 aromatic heterocycles. The zero-order valence-electron chi connectivity index (χ0n) is 13.9. The first-order chi connectivity index (χ1) is 12.3. The zero-order valence-corrected chi connectivity index (χ0v) is 13.9. The molecule has 0 aliphatic carbocycles. The maximum absolute atomic E-state index is 13.3. The SMILES string of the molecule is NC(=O)C(CCCCCCc1noc(C(F)(F)F)n1)c1cccc(F)c1. The van der Waals surface area contributed by atoms with Crippen LogP contribution in [0.3, 0.4) is 0 Å². The normalized spacial score (nSPS) is 12.9. The quantitative estimate of drug-likeness (QED) is 0.532. The molecule has 2 aromatic rings. The smallest absolute Gasteiger partial charge is 0.369 e. The molecule has 0 aliphatic heterocycles. The van der Waals surface area contributed by atoms with E-state index >= 15 is 0 Å². The Bertz CT molecular complexity index is 731. The summed E-state index contributed by atoms with van der Waals surface area (Å²) in [6.45, 7) is 0. The fourth-order valence-electron chi connectivity index (χ4n) is 2.65. The number of nitrogens with two attached hydrogens (primary N) is 1. The molecule has 2 rings (SSSR count). The number of hydrogen-bond acceptors (Lipinski definition) is 4. The van der Waals surface area contributed by atoms with Gasteiger partial charge in [-0.1, -0.05) is 36.6 Å². The molecule has 1 aromatic carbocycles. The van der Waals surface area contributed by atoms with Gasteiger partial charge in [0.1, 0.15) is 5.82 Å². The first kappa shape index (κ1) is 19.9. The molecule has 0 spiro atoms. The van der Waals surface area contributed by atoms with Gasteiger partial charge in [0.2, 0.25) is 5.91 Å². The van der Waals surface area contributed by atoms with Crippen molar-refractivity contribution in [1.82, 2.24) is 10.1 Å². The Morgan fingerprint density at radius 2 is 1.92 bits per heavy atom. The Morgan fingerprint density at radius 1 is 1.19 bits per heavy atom. The number of amides is 1. The molecule has 0 radical (unpaired) electrons. The molecule has 0 saturated carbocycles. The third-order valence-corrected chi connectivity index (χ3v) is 3.95. The van der Waals surface area contributed by atoms with E-state index in [1.54, 1.807) is 6.07 Å². The van der Waals surface area contributed by atoms with Crippen molar-refractivity contribution in [3.05, 3.63) is 47.4 Å².